The Balaban J connectivity index is 2.39. The van der Waals surface area contributed by atoms with E-state index in [4.69, 9.17) is 5.11 Å². The zero-order valence-electron chi connectivity index (χ0n) is 7.91. The van der Waals surface area contributed by atoms with E-state index in [0.29, 0.717) is 5.56 Å². The topological polar surface area (TPSA) is 37.3 Å². The number of carboxylic acid groups (broad SMARTS) is 1. The van der Waals surface area contributed by atoms with Gasteiger partial charge in [0.15, 0.2) is 0 Å². The van der Waals surface area contributed by atoms with Crippen molar-refractivity contribution in [1.82, 2.24) is 0 Å². The lowest BCUT2D eigenvalue weighted by molar-refractivity contribution is -0.150. The van der Waals surface area contributed by atoms with Gasteiger partial charge >= 0.3 is 5.97 Å². The Morgan fingerprint density at radius 1 is 1.53 bits per heavy atom. The van der Waals surface area contributed by atoms with E-state index in [1.807, 2.05) is 6.07 Å². The average Bonchev–Trinajstić information content (AvgIpc) is 2.12. The zero-order chi connectivity index (χ0) is 11.1. The molecule has 1 N–H and O–H groups in total. The van der Waals surface area contributed by atoms with Crippen molar-refractivity contribution in [3.8, 4) is 0 Å². The van der Waals surface area contributed by atoms with E-state index in [2.05, 4.69) is 15.9 Å². The van der Waals surface area contributed by atoms with Gasteiger partial charge < -0.3 is 5.11 Å². The molecule has 4 heteroatoms. The van der Waals surface area contributed by atoms with Crippen LogP contribution in [0.25, 0.3) is 0 Å². The fraction of sp³-hybridized carbons (Fsp3) is 0.364. The van der Waals surface area contributed by atoms with E-state index in [1.165, 1.54) is 0 Å². The van der Waals surface area contributed by atoms with Crippen LogP contribution in [-0.2, 0) is 10.2 Å². The van der Waals surface area contributed by atoms with Crippen LogP contribution in [0.15, 0.2) is 28.7 Å². The Morgan fingerprint density at radius 3 is 2.67 bits per heavy atom. The molecule has 0 unspecified atom stereocenters. The van der Waals surface area contributed by atoms with Crippen molar-refractivity contribution >= 4 is 21.9 Å². The predicted octanol–water partition coefficient (Wildman–Crippen LogP) is 2.90. The van der Waals surface area contributed by atoms with Gasteiger partial charge in [0.05, 0.1) is 5.41 Å². The maximum atomic E-state index is 12.9. The van der Waals surface area contributed by atoms with Gasteiger partial charge in [0.1, 0.15) is 6.17 Å². The Hall–Kier alpha value is -0.900. The van der Waals surface area contributed by atoms with Gasteiger partial charge in [-0.2, -0.15) is 0 Å². The molecule has 0 radical (unpaired) electrons. The molecule has 0 aromatic heterocycles. The predicted molar refractivity (Wildman–Crippen MR) is 57.6 cm³/mol. The van der Waals surface area contributed by atoms with Crippen molar-refractivity contribution in [3.63, 3.8) is 0 Å². The maximum absolute atomic E-state index is 12.9. The molecule has 80 valence electrons. The fourth-order valence-electron chi connectivity index (χ4n) is 2.02. The molecule has 2 rings (SSSR count). The van der Waals surface area contributed by atoms with Gasteiger partial charge in [0.2, 0.25) is 0 Å². The molecule has 1 aromatic carbocycles. The molecular formula is C11H10BrFO2. The van der Waals surface area contributed by atoms with E-state index in [9.17, 15) is 9.18 Å². The van der Waals surface area contributed by atoms with Crippen molar-refractivity contribution in [2.24, 2.45) is 0 Å². The first kappa shape index (κ1) is 10.6. The number of benzene rings is 1. The lowest BCUT2D eigenvalue weighted by atomic mass is 9.63. The molecule has 1 fully saturated rings. The van der Waals surface area contributed by atoms with Crippen LogP contribution in [0.3, 0.4) is 0 Å². The average molecular weight is 273 g/mol. The van der Waals surface area contributed by atoms with Gasteiger partial charge in [-0.3, -0.25) is 4.79 Å². The lowest BCUT2D eigenvalue weighted by Gasteiger charge is -2.40. The molecule has 1 aliphatic carbocycles. The summed E-state index contributed by atoms with van der Waals surface area (Å²) in [5.74, 6) is -0.936. The van der Waals surface area contributed by atoms with Crippen LogP contribution in [0.1, 0.15) is 18.4 Å². The van der Waals surface area contributed by atoms with E-state index >= 15 is 0 Å². The third kappa shape index (κ3) is 1.67. The summed E-state index contributed by atoms with van der Waals surface area (Å²) >= 11 is 3.29. The number of alkyl halides is 1. The summed E-state index contributed by atoms with van der Waals surface area (Å²) in [4.78, 5) is 11.2. The summed E-state index contributed by atoms with van der Waals surface area (Å²) in [6.45, 7) is 0. The summed E-state index contributed by atoms with van der Waals surface area (Å²) in [7, 11) is 0. The first-order valence-corrected chi connectivity index (χ1v) is 5.47. The Labute approximate surface area is 95.2 Å². The van der Waals surface area contributed by atoms with Crippen molar-refractivity contribution in [3.05, 3.63) is 34.3 Å². The number of carboxylic acids is 1. The minimum atomic E-state index is -1.01. The monoisotopic (exact) mass is 272 g/mol. The molecule has 0 spiro atoms. The van der Waals surface area contributed by atoms with Gasteiger partial charge in [-0.15, -0.1) is 0 Å². The molecule has 15 heavy (non-hydrogen) atoms. The van der Waals surface area contributed by atoms with Crippen LogP contribution in [0.5, 0.6) is 0 Å². The summed E-state index contributed by atoms with van der Waals surface area (Å²) in [6.07, 6.45) is -0.822. The number of aliphatic carboxylic acids is 1. The van der Waals surface area contributed by atoms with Crippen molar-refractivity contribution < 1.29 is 14.3 Å². The third-order valence-corrected chi connectivity index (χ3v) is 3.42. The largest absolute Gasteiger partial charge is 0.481 e. The second-order valence-electron chi connectivity index (χ2n) is 3.90. The normalized spacial score (nSPS) is 29.6. The standard InChI is InChI=1S/C11H10BrFO2/c12-8-3-1-2-7(4-8)11(10(14)15)5-9(13)6-11/h1-4,9H,5-6H2,(H,14,15)/t9-,11+. The van der Waals surface area contributed by atoms with Crippen molar-refractivity contribution in [1.29, 1.82) is 0 Å². The summed E-state index contributed by atoms with van der Waals surface area (Å²) in [5.41, 5.74) is -0.332. The summed E-state index contributed by atoms with van der Waals surface area (Å²) < 4.78 is 13.7. The van der Waals surface area contributed by atoms with Gasteiger partial charge in [-0.05, 0) is 30.5 Å². The van der Waals surface area contributed by atoms with Crippen LogP contribution in [0.2, 0.25) is 0 Å². The van der Waals surface area contributed by atoms with E-state index in [-0.39, 0.29) is 12.8 Å². The molecular weight excluding hydrogens is 263 g/mol. The molecule has 0 amide bonds. The number of halogens is 2. The molecule has 0 heterocycles. The minimum Gasteiger partial charge on any atom is -0.481 e. The molecule has 1 saturated carbocycles. The minimum absolute atomic E-state index is 0.0821. The SMILES string of the molecule is O=C(O)[C@]1(c2cccc(Br)c2)C[C@H](F)C1. The van der Waals surface area contributed by atoms with Crippen molar-refractivity contribution in [2.75, 3.05) is 0 Å². The molecule has 0 aliphatic heterocycles. The van der Waals surface area contributed by atoms with E-state index in [1.54, 1.807) is 18.2 Å². The van der Waals surface area contributed by atoms with E-state index in [0.717, 1.165) is 4.47 Å². The van der Waals surface area contributed by atoms with Crippen LogP contribution >= 0.6 is 15.9 Å². The Morgan fingerprint density at radius 2 is 2.20 bits per heavy atom. The second-order valence-corrected chi connectivity index (χ2v) is 4.82. The van der Waals surface area contributed by atoms with E-state index < -0.39 is 17.6 Å². The highest BCUT2D eigenvalue weighted by Gasteiger charge is 2.52. The van der Waals surface area contributed by atoms with Crippen LogP contribution < -0.4 is 0 Å². The Bertz CT molecular complexity index is 399. The molecule has 0 saturated heterocycles. The highest BCUT2D eigenvalue weighted by molar-refractivity contribution is 9.10. The number of hydrogen-bond acceptors (Lipinski definition) is 1. The Kier molecular flexibility index (Phi) is 2.54. The van der Waals surface area contributed by atoms with Crippen LogP contribution in [0.4, 0.5) is 4.39 Å². The van der Waals surface area contributed by atoms with Gasteiger partial charge in [-0.1, -0.05) is 28.1 Å². The van der Waals surface area contributed by atoms with Gasteiger partial charge in [0, 0.05) is 4.47 Å². The second kappa shape index (κ2) is 3.59. The highest BCUT2D eigenvalue weighted by atomic mass is 79.9. The van der Waals surface area contributed by atoms with Crippen LogP contribution in [-0.4, -0.2) is 17.2 Å². The number of rotatable bonds is 2. The molecule has 2 nitrogen and oxygen atoms in total. The highest BCUT2D eigenvalue weighted by Crippen LogP contribution is 2.46. The van der Waals surface area contributed by atoms with Crippen LogP contribution in [0, 0.1) is 0 Å². The summed E-state index contributed by atoms with van der Waals surface area (Å²) in [5, 5.41) is 9.16. The number of hydrogen-bond donors (Lipinski definition) is 1. The zero-order valence-corrected chi connectivity index (χ0v) is 9.50. The first-order chi connectivity index (χ1) is 7.04. The molecule has 0 atom stereocenters. The third-order valence-electron chi connectivity index (χ3n) is 2.93. The lowest BCUT2D eigenvalue weighted by Crippen LogP contribution is -2.49. The first-order valence-electron chi connectivity index (χ1n) is 4.68. The smallest absolute Gasteiger partial charge is 0.314 e. The quantitative estimate of drug-likeness (QED) is 0.899. The van der Waals surface area contributed by atoms with Gasteiger partial charge in [-0.25, -0.2) is 4.39 Å². The molecule has 0 bridgehead atoms. The fourth-order valence-corrected chi connectivity index (χ4v) is 2.42. The molecule has 1 aromatic rings. The van der Waals surface area contributed by atoms with Crippen molar-refractivity contribution in [2.45, 2.75) is 24.4 Å². The maximum Gasteiger partial charge on any atom is 0.314 e. The van der Waals surface area contributed by atoms with Gasteiger partial charge in [0.25, 0.3) is 0 Å². The number of carbonyl (C=O) groups is 1. The molecule has 1 aliphatic rings. The summed E-state index contributed by atoms with van der Waals surface area (Å²) in [6, 6.07) is 7.09.